The van der Waals surface area contributed by atoms with Gasteiger partial charge in [0.15, 0.2) is 0 Å². The van der Waals surface area contributed by atoms with Crippen LogP contribution in [0.1, 0.15) is 17.5 Å². The molecule has 1 atom stereocenters. The topological polar surface area (TPSA) is 52.0 Å². The monoisotopic (exact) mass is 342 g/mol. The quantitative estimate of drug-likeness (QED) is 0.766. The van der Waals surface area contributed by atoms with Gasteiger partial charge in [0.25, 0.3) is 0 Å². The molecular weight excluding hydrogens is 328 g/mol. The lowest BCUT2D eigenvalue weighted by molar-refractivity contribution is 0.496. The van der Waals surface area contributed by atoms with E-state index in [-0.39, 0.29) is 6.04 Å². The lowest BCUT2D eigenvalue weighted by Gasteiger charge is -2.08. The lowest BCUT2D eigenvalue weighted by atomic mass is 10.1. The summed E-state index contributed by atoms with van der Waals surface area (Å²) in [6.07, 6.45) is 2.39. The number of hydrogen-bond donors (Lipinski definition) is 1. The number of benzene rings is 1. The first kappa shape index (κ1) is 14.0. The zero-order valence-corrected chi connectivity index (χ0v) is 13.0. The van der Waals surface area contributed by atoms with Gasteiger partial charge in [-0.1, -0.05) is 34.1 Å². The van der Waals surface area contributed by atoms with E-state index in [9.17, 15) is 0 Å². The summed E-state index contributed by atoms with van der Waals surface area (Å²) in [5.41, 5.74) is 8.09. The highest BCUT2D eigenvalue weighted by atomic mass is 79.9. The fourth-order valence-corrected chi connectivity index (χ4v) is 2.44. The van der Waals surface area contributed by atoms with Crippen LogP contribution in [-0.2, 0) is 6.42 Å². The van der Waals surface area contributed by atoms with E-state index in [0.29, 0.717) is 6.42 Å². The van der Waals surface area contributed by atoms with Crippen LogP contribution in [0.15, 0.2) is 69.7 Å². The fourth-order valence-electron chi connectivity index (χ4n) is 2.17. The van der Waals surface area contributed by atoms with Crippen molar-refractivity contribution in [3.63, 3.8) is 0 Å². The molecule has 0 fully saturated rings. The standard InChI is InChI=1S/C17H15BrN2O/c18-13-6-4-12(5-7-13)17-9-8-14(21-17)11-15(19)16-3-1-2-10-20-16/h1-10,15H,11,19H2. The van der Waals surface area contributed by atoms with Crippen LogP contribution in [0.2, 0.25) is 0 Å². The Bertz CT molecular complexity index is 707. The summed E-state index contributed by atoms with van der Waals surface area (Å²) in [7, 11) is 0. The predicted molar refractivity (Wildman–Crippen MR) is 86.7 cm³/mol. The normalized spacial score (nSPS) is 12.3. The number of halogens is 1. The van der Waals surface area contributed by atoms with Gasteiger partial charge < -0.3 is 10.2 Å². The maximum Gasteiger partial charge on any atom is 0.134 e. The van der Waals surface area contributed by atoms with Gasteiger partial charge in [0, 0.05) is 22.7 Å². The SMILES string of the molecule is NC(Cc1ccc(-c2ccc(Br)cc2)o1)c1ccccn1. The summed E-state index contributed by atoms with van der Waals surface area (Å²) in [6.45, 7) is 0. The van der Waals surface area contributed by atoms with Gasteiger partial charge in [-0.2, -0.15) is 0 Å². The van der Waals surface area contributed by atoms with E-state index in [1.54, 1.807) is 6.20 Å². The van der Waals surface area contributed by atoms with E-state index in [0.717, 1.165) is 27.3 Å². The van der Waals surface area contributed by atoms with Crippen LogP contribution in [-0.4, -0.2) is 4.98 Å². The summed E-state index contributed by atoms with van der Waals surface area (Å²) >= 11 is 3.43. The molecule has 3 rings (SSSR count). The summed E-state index contributed by atoms with van der Waals surface area (Å²) in [5, 5.41) is 0. The van der Waals surface area contributed by atoms with Crippen LogP contribution >= 0.6 is 15.9 Å². The number of furan rings is 1. The average molecular weight is 343 g/mol. The number of aromatic nitrogens is 1. The largest absolute Gasteiger partial charge is 0.461 e. The molecule has 0 radical (unpaired) electrons. The second kappa shape index (κ2) is 6.24. The van der Waals surface area contributed by atoms with E-state index in [1.165, 1.54) is 0 Å². The van der Waals surface area contributed by atoms with Crippen molar-refractivity contribution < 1.29 is 4.42 Å². The van der Waals surface area contributed by atoms with Crippen molar-refractivity contribution in [2.75, 3.05) is 0 Å². The zero-order chi connectivity index (χ0) is 14.7. The van der Waals surface area contributed by atoms with Gasteiger partial charge in [-0.05, 0) is 36.4 Å². The first-order valence-corrected chi connectivity index (χ1v) is 7.53. The molecule has 2 heterocycles. The first-order chi connectivity index (χ1) is 10.2. The van der Waals surface area contributed by atoms with Crippen LogP contribution in [0.5, 0.6) is 0 Å². The van der Waals surface area contributed by atoms with Gasteiger partial charge in [0.1, 0.15) is 11.5 Å². The molecule has 106 valence electrons. The minimum absolute atomic E-state index is 0.157. The highest BCUT2D eigenvalue weighted by Gasteiger charge is 2.11. The Morgan fingerprint density at radius 3 is 2.57 bits per heavy atom. The number of nitrogens with two attached hydrogens (primary N) is 1. The Morgan fingerprint density at radius 2 is 1.86 bits per heavy atom. The van der Waals surface area contributed by atoms with Crippen molar-refractivity contribution >= 4 is 15.9 Å². The molecule has 1 aromatic carbocycles. The minimum atomic E-state index is -0.157. The van der Waals surface area contributed by atoms with Gasteiger partial charge in [-0.15, -0.1) is 0 Å². The summed E-state index contributed by atoms with van der Waals surface area (Å²) < 4.78 is 6.93. The van der Waals surface area contributed by atoms with Gasteiger partial charge >= 0.3 is 0 Å². The second-order valence-corrected chi connectivity index (χ2v) is 5.75. The molecule has 2 N–H and O–H groups in total. The van der Waals surface area contributed by atoms with E-state index in [4.69, 9.17) is 10.2 Å². The molecule has 0 aliphatic carbocycles. The maximum atomic E-state index is 6.17. The zero-order valence-electron chi connectivity index (χ0n) is 11.4. The van der Waals surface area contributed by atoms with Crippen molar-refractivity contribution in [1.29, 1.82) is 0 Å². The van der Waals surface area contributed by atoms with E-state index in [2.05, 4.69) is 20.9 Å². The molecule has 21 heavy (non-hydrogen) atoms. The maximum absolute atomic E-state index is 6.17. The van der Waals surface area contributed by atoms with E-state index < -0.39 is 0 Å². The van der Waals surface area contributed by atoms with E-state index in [1.807, 2.05) is 54.6 Å². The van der Waals surface area contributed by atoms with E-state index >= 15 is 0 Å². The van der Waals surface area contributed by atoms with Crippen LogP contribution < -0.4 is 5.73 Å². The molecule has 0 bridgehead atoms. The third kappa shape index (κ3) is 3.40. The molecule has 3 nitrogen and oxygen atoms in total. The lowest BCUT2D eigenvalue weighted by Crippen LogP contribution is -2.14. The number of hydrogen-bond acceptors (Lipinski definition) is 3. The summed E-state index contributed by atoms with van der Waals surface area (Å²) in [6, 6.07) is 17.6. The molecule has 0 aliphatic rings. The van der Waals surface area contributed by atoms with Crippen LogP contribution in [0.25, 0.3) is 11.3 Å². The number of rotatable bonds is 4. The Morgan fingerprint density at radius 1 is 1.05 bits per heavy atom. The molecule has 4 heteroatoms. The molecule has 0 amide bonds. The molecular formula is C17H15BrN2O. The van der Waals surface area contributed by atoms with Crippen molar-refractivity contribution in [3.05, 3.63) is 76.7 Å². The smallest absolute Gasteiger partial charge is 0.134 e. The number of pyridine rings is 1. The Kier molecular flexibility index (Phi) is 4.18. The Hall–Kier alpha value is -1.91. The molecule has 1 unspecified atom stereocenters. The fraction of sp³-hybridized carbons (Fsp3) is 0.118. The Labute approximate surface area is 131 Å². The van der Waals surface area contributed by atoms with Gasteiger partial charge in [0.2, 0.25) is 0 Å². The number of nitrogens with zero attached hydrogens (tertiary/aromatic N) is 1. The molecule has 0 aliphatic heterocycles. The predicted octanol–water partition coefficient (Wildman–Crippen LogP) is 4.35. The molecule has 0 spiro atoms. The van der Waals surface area contributed by atoms with Gasteiger partial charge in [-0.25, -0.2) is 0 Å². The molecule has 0 saturated carbocycles. The highest BCUT2D eigenvalue weighted by molar-refractivity contribution is 9.10. The van der Waals surface area contributed by atoms with Crippen molar-refractivity contribution in [1.82, 2.24) is 4.98 Å². The molecule has 2 aromatic heterocycles. The summed E-state index contributed by atoms with van der Waals surface area (Å²) in [5.74, 6) is 1.72. The van der Waals surface area contributed by atoms with Crippen LogP contribution in [0.4, 0.5) is 0 Å². The summed E-state index contributed by atoms with van der Waals surface area (Å²) in [4.78, 5) is 4.28. The first-order valence-electron chi connectivity index (χ1n) is 6.73. The van der Waals surface area contributed by atoms with Crippen molar-refractivity contribution in [3.8, 4) is 11.3 Å². The van der Waals surface area contributed by atoms with Crippen LogP contribution in [0, 0.1) is 0 Å². The highest BCUT2D eigenvalue weighted by Crippen LogP contribution is 2.25. The van der Waals surface area contributed by atoms with Crippen LogP contribution in [0.3, 0.4) is 0 Å². The second-order valence-electron chi connectivity index (χ2n) is 4.84. The average Bonchev–Trinajstić information content (AvgIpc) is 2.97. The molecule has 0 saturated heterocycles. The third-order valence-corrected chi connectivity index (χ3v) is 3.81. The Balaban J connectivity index is 1.75. The molecule has 3 aromatic rings. The van der Waals surface area contributed by atoms with Gasteiger partial charge in [0.05, 0.1) is 11.7 Å². The third-order valence-electron chi connectivity index (χ3n) is 3.28. The minimum Gasteiger partial charge on any atom is -0.461 e. The van der Waals surface area contributed by atoms with Crippen molar-refractivity contribution in [2.45, 2.75) is 12.5 Å². The van der Waals surface area contributed by atoms with Crippen molar-refractivity contribution in [2.24, 2.45) is 5.73 Å². The van der Waals surface area contributed by atoms with Gasteiger partial charge in [-0.3, -0.25) is 4.98 Å².